The molecule has 0 atom stereocenters. The Morgan fingerprint density at radius 3 is 2.63 bits per heavy atom. The highest BCUT2D eigenvalue weighted by Crippen LogP contribution is 2.13. The molecule has 0 fully saturated rings. The number of hydrogen-bond acceptors (Lipinski definition) is 3. The Kier molecular flexibility index (Phi) is 3.97. The van der Waals surface area contributed by atoms with Crippen molar-refractivity contribution in [3.05, 3.63) is 54.3 Å². The average Bonchev–Trinajstić information content (AvgIpc) is 2.38. The maximum Gasteiger partial charge on any atom is 0.262 e. The van der Waals surface area contributed by atoms with Gasteiger partial charge in [-0.3, -0.25) is 4.79 Å². The second kappa shape index (κ2) is 5.86. The number of hydrogen-bond donors (Lipinski definition) is 2. The normalized spacial score (nSPS) is 9.95. The first-order valence-electron chi connectivity index (χ1n) is 5.67. The van der Waals surface area contributed by atoms with E-state index in [0.717, 1.165) is 0 Å². The molecule has 0 heterocycles. The van der Waals surface area contributed by atoms with Crippen LogP contribution in [0.15, 0.2) is 48.5 Å². The molecule has 19 heavy (non-hydrogen) atoms. The van der Waals surface area contributed by atoms with Gasteiger partial charge < -0.3 is 15.8 Å². The van der Waals surface area contributed by atoms with E-state index in [1.165, 1.54) is 18.2 Å². The van der Waals surface area contributed by atoms with Crippen LogP contribution in [0.2, 0.25) is 0 Å². The monoisotopic (exact) mass is 260 g/mol. The molecule has 3 N–H and O–H groups in total. The van der Waals surface area contributed by atoms with Crippen molar-refractivity contribution in [1.82, 2.24) is 0 Å². The Balaban J connectivity index is 1.86. The number of carbonyl (C=O) groups is 1. The van der Waals surface area contributed by atoms with Crippen LogP contribution in [0.4, 0.5) is 15.8 Å². The minimum absolute atomic E-state index is 0.152. The molecule has 0 saturated carbocycles. The maximum atomic E-state index is 12.9. The first-order chi connectivity index (χ1) is 9.13. The van der Waals surface area contributed by atoms with Gasteiger partial charge in [0, 0.05) is 11.4 Å². The van der Waals surface area contributed by atoms with Gasteiger partial charge in [-0.2, -0.15) is 0 Å². The van der Waals surface area contributed by atoms with Crippen LogP contribution < -0.4 is 15.8 Å². The molecule has 2 rings (SSSR count). The third-order valence-corrected chi connectivity index (χ3v) is 2.36. The quantitative estimate of drug-likeness (QED) is 0.830. The summed E-state index contributed by atoms with van der Waals surface area (Å²) < 4.78 is 18.2. The molecule has 0 aliphatic carbocycles. The van der Waals surface area contributed by atoms with Crippen molar-refractivity contribution in [2.24, 2.45) is 0 Å². The van der Waals surface area contributed by atoms with Gasteiger partial charge in [-0.05, 0) is 42.5 Å². The van der Waals surface area contributed by atoms with Gasteiger partial charge in [0.25, 0.3) is 5.91 Å². The zero-order valence-corrected chi connectivity index (χ0v) is 10.1. The van der Waals surface area contributed by atoms with E-state index in [4.69, 9.17) is 10.5 Å². The van der Waals surface area contributed by atoms with E-state index in [1.54, 1.807) is 30.3 Å². The van der Waals surface area contributed by atoms with Gasteiger partial charge in [0.1, 0.15) is 11.6 Å². The average molecular weight is 260 g/mol. The van der Waals surface area contributed by atoms with Crippen molar-refractivity contribution >= 4 is 17.3 Å². The lowest BCUT2D eigenvalue weighted by Crippen LogP contribution is -2.20. The Bertz CT molecular complexity index is 570. The van der Waals surface area contributed by atoms with Crippen molar-refractivity contribution < 1.29 is 13.9 Å². The number of anilines is 2. The number of amides is 1. The summed E-state index contributed by atoms with van der Waals surface area (Å²) in [6, 6.07) is 12.4. The topological polar surface area (TPSA) is 64.3 Å². The van der Waals surface area contributed by atoms with E-state index in [-0.39, 0.29) is 12.5 Å². The summed E-state index contributed by atoms with van der Waals surface area (Å²) in [5.41, 5.74) is 6.54. The van der Waals surface area contributed by atoms with E-state index in [0.29, 0.717) is 17.1 Å². The smallest absolute Gasteiger partial charge is 0.262 e. The molecular formula is C14H13FN2O2. The van der Waals surface area contributed by atoms with Crippen LogP contribution in [-0.4, -0.2) is 12.5 Å². The molecule has 0 radical (unpaired) electrons. The van der Waals surface area contributed by atoms with Gasteiger partial charge in [0.2, 0.25) is 0 Å². The highest BCUT2D eigenvalue weighted by atomic mass is 19.1. The predicted octanol–water partition coefficient (Wildman–Crippen LogP) is 2.43. The molecule has 5 heteroatoms. The van der Waals surface area contributed by atoms with Crippen LogP contribution in [0.3, 0.4) is 0 Å². The highest BCUT2D eigenvalue weighted by Gasteiger charge is 2.04. The maximum absolute atomic E-state index is 12.9. The lowest BCUT2D eigenvalue weighted by atomic mass is 10.3. The number of ether oxygens (including phenoxy) is 1. The summed E-state index contributed by atoms with van der Waals surface area (Å²) in [7, 11) is 0. The number of nitrogens with one attached hydrogen (secondary N) is 1. The van der Waals surface area contributed by atoms with Crippen LogP contribution in [-0.2, 0) is 4.79 Å². The zero-order chi connectivity index (χ0) is 13.7. The third kappa shape index (κ3) is 3.99. The standard InChI is InChI=1S/C14H13FN2O2/c15-10-2-1-3-12(8-10)17-14(18)9-19-13-6-4-11(16)5-7-13/h1-8H,9,16H2,(H,17,18). The summed E-state index contributed by atoms with van der Waals surface area (Å²) in [4.78, 5) is 11.6. The van der Waals surface area contributed by atoms with Gasteiger partial charge in [-0.1, -0.05) is 6.07 Å². The van der Waals surface area contributed by atoms with Crippen LogP contribution in [0.25, 0.3) is 0 Å². The lowest BCUT2D eigenvalue weighted by Gasteiger charge is -2.07. The fraction of sp³-hybridized carbons (Fsp3) is 0.0714. The van der Waals surface area contributed by atoms with Crippen molar-refractivity contribution in [3.8, 4) is 5.75 Å². The summed E-state index contributed by atoms with van der Waals surface area (Å²) in [5, 5.41) is 2.54. The number of halogens is 1. The molecule has 0 saturated heterocycles. The van der Waals surface area contributed by atoms with E-state index < -0.39 is 5.82 Å². The lowest BCUT2D eigenvalue weighted by molar-refractivity contribution is -0.118. The highest BCUT2D eigenvalue weighted by molar-refractivity contribution is 5.91. The van der Waals surface area contributed by atoms with Gasteiger partial charge in [-0.15, -0.1) is 0 Å². The summed E-state index contributed by atoms with van der Waals surface area (Å²) in [6.07, 6.45) is 0. The van der Waals surface area contributed by atoms with Crippen LogP contribution >= 0.6 is 0 Å². The summed E-state index contributed by atoms with van der Waals surface area (Å²) >= 11 is 0. The molecule has 2 aromatic carbocycles. The fourth-order valence-electron chi connectivity index (χ4n) is 1.48. The van der Waals surface area contributed by atoms with Gasteiger partial charge >= 0.3 is 0 Å². The Morgan fingerprint density at radius 2 is 1.95 bits per heavy atom. The Labute approximate surface area is 110 Å². The molecule has 0 unspecified atom stereocenters. The fourth-order valence-corrected chi connectivity index (χ4v) is 1.48. The number of benzene rings is 2. The molecule has 1 amide bonds. The molecule has 4 nitrogen and oxygen atoms in total. The second-order valence-electron chi connectivity index (χ2n) is 3.92. The summed E-state index contributed by atoms with van der Waals surface area (Å²) in [6.45, 7) is -0.152. The minimum Gasteiger partial charge on any atom is -0.484 e. The van der Waals surface area contributed by atoms with E-state index in [9.17, 15) is 9.18 Å². The SMILES string of the molecule is Nc1ccc(OCC(=O)Nc2cccc(F)c2)cc1. The van der Waals surface area contributed by atoms with Crippen LogP contribution in [0.1, 0.15) is 0 Å². The molecule has 98 valence electrons. The molecule has 0 spiro atoms. The largest absolute Gasteiger partial charge is 0.484 e. The molecule has 0 aliphatic heterocycles. The van der Waals surface area contributed by atoms with Gasteiger partial charge in [0.15, 0.2) is 6.61 Å². The number of carbonyl (C=O) groups excluding carboxylic acids is 1. The van der Waals surface area contributed by atoms with E-state index >= 15 is 0 Å². The molecule has 0 aromatic heterocycles. The first kappa shape index (κ1) is 12.9. The first-order valence-corrected chi connectivity index (χ1v) is 5.67. The number of nitrogen functional groups attached to an aromatic ring is 1. The van der Waals surface area contributed by atoms with Crippen molar-refractivity contribution in [2.75, 3.05) is 17.7 Å². The van der Waals surface area contributed by atoms with Gasteiger partial charge in [0.05, 0.1) is 0 Å². The zero-order valence-electron chi connectivity index (χ0n) is 10.1. The molecular weight excluding hydrogens is 247 g/mol. The van der Waals surface area contributed by atoms with Crippen molar-refractivity contribution in [1.29, 1.82) is 0 Å². The Hall–Kier alpha value is -2.56. The number of nitrogens with two attached hydrogens (primary N) is 1. The molecule has 0 aliphatic rings. The second-order valence-corrected chi connectivity index (χ2v) is 3.92. The molecule has 2 aromatic rings. The minimum atomic E-state index is -0.405. The van der Waals surface area contributed by atoms with Crippen molar-refractivity contribution in [2.45, 2.75) is 0 Å². The third-order valence-electron chi connectivity index (χ3n) is 2.36. The van der Waals surface area contributed by atoms with Crippen LogP contribution in [0, 0.1) is 5.82 Å². The van der Waals surface area contributed by atoms with E-state index in [1.807, 2.05) is 0 Å². The van der Waals surface area contributed by atoms with Gasteiger partial charge in [-0.25, -0.2) is 4.39 Å². The Morgan fingerprint density at radius 1 is 1.21 bits per heavy atom. The predicted molar refractivity (Wildman–Crippen MR) is 71.4 cm³/mol. The molecule has 0 bridgehead atoms. The van der Waals surface area contributed by atoms with Crippen molar-refractivity contribution in [3.63, 3.8) is 0 Å². The number of rotatable bonds is 4. The van der Waals surface area contributed by atoms with Crippen LogP contribution in [0.5, 0.6) is 5.75 Å². The van der Waals surface area contributed by atoms with E-state index in [2.05, 4.69) is 5.32 Å². The summed E-state index contributed by atoms with van der Waals surface area (Å²) in [5.74, 6) is -0.219.